The monoisotopic (exact) mass is 474 g/mol. The molecular weight excluding hydrogens is 467 g/mol. The summed E-state index contributed by atoms with van der Waals surface area (Å²) in [5.41, 5.74) is 1.57. The Labute approximate surface area is 156 Å². The maximum atomic E-state index is 13.0. The maximum Gasteiger partial charge on any atom is 0.267 e. The highest BCUT2D eigenvalue weighted by Gasteiger charge is 2.16. The molecule has 0 atom stereocenters. The van der Waals surface area contributed by atoms with E-state index in [2.05, 4.69) is 42.2 Å². The van der Waals surface area contributed by atoms with E-state index in [0.29, 0.717) is 10.0 Å². The Morgan fingerprint density at radius 1 is 1.22 bits per heavy atom. The van der Waals surface area contributed by atoms with Crippen LogP contribution in [-0.2, 0) is 0 Å². The van der Waals surface area contributed by atoms with Gasteiger partial charge in [-0.3, -0.25) is 10.1 Å². The predicted molar refractivity (Wildman–Crippen MR) is 99.9 cm³/mol. The molecule has 2 heterocycles. The van der Waals surface area contributed by atoms with Crippen molar-refractivity contribution in [3.05, 3.63) is 54.2 Å². The molecule has 0 fully saturated rings. The van der Waals surface area contributed by atoms with Crippen LogP contribution < -0.4 is 5.32 Å². The lowest BCUT2D eigenvalue weighted by molar-refractivity contribution is 0.103. The number of thiophene rings is 1. The Hall–Kier alpha value is -1.09. The van der Waals surface area contributed by atoms with Crippen molar-refractivity contribution in [2.75, 3.05) is 5.32 Å². The fourth-order valence-corrected chi connectivity index (χ4v) is 4.70. The standard InChI is InChI=1S/C15H9Br2FN2OS2/c1-7-12(8-2-4-9(18)5-3-8)19-15(22-7)20-14(21)11-6-10(16)13(17)23-11/h2-6H,1H3,(H,19,20,21). The van der Waals surface area contributed by atoms with E-state index >= 15 is 0 Å². The van der Waals surface area contributed by atoms with Crippen molar-refractivity contribution in [3.63, 3.8) is 0 Å². The summed E-state index contributed by atoms with van der Waals surface area (Å²) in [7, 11) is 0. The number of nitrogens with zero attached hydrogens (tertiary/aromatic N) is 1. The van der Waals surface area contributed by atoms with Crippen molar-refractivity contribution in [1.82, 2.24) is 4.98 Å². The summed E-state index contributed by atoms with van der Waals surface area (Å²) in [6, 6.07) is 7.90. The van der Waals surface area contributed by atoms with Gasteiger partial charge in [0.2, 0.25) is 0 Å². The molecule has 0 aliphatic heterocycles. The lowest BCUT2D eigenvalue weighted by Crippen LogP contribution is -2.09. The first-order chi connectivity index (χ1) is 10.9. The minimum atomic E-state index is -0.288. The molecule has 0 bridgehead atoms. The molecule has 0 unspecified atom stereocenters. The largest absolute Gasteiger partial charge is 0.297 e. The van der Waals surface area contributed by atoms with Gasteiger partial charge in [0, 0.05) is 14.9 Å². The van der Waals surface area contributed by atoms with Gasteiger partial charge in [-0.2, -0.15) is 0 Å². The zero-order valence-electron chi connectivity index (χ0n) is 11.7. The first-order valence-electron chi connectivity index (χ1n) is 6.43. The average Bonchev–Trinajstić information content (AvgIpc) is 3.03. The number of hydrogen-bond donors (Lipinski definition) is 1. The van der Waals surface area contributed by atoms with E-state index in [1.54, 1.807) is 18.2 Å². The second-order valence-electron chi connectivity index (χ2n) is 4.62. The van der Waals surface area contributed by atoms with Crippen LogP contribution in [0.2, 0.25) is 0 Å². The summed E-state index contributed by atoms with van der Waals surface area (Å²) >= 11 is 9.47. The fourth-order valence-electron chi connectivity index (χ4n) is 1.94. The third-order valence-corrected chi connectivity index (χ3v) is 7.14. The number of benzene rings is 1. The molecule has 118 valence electrons. The van der Waals surface area contributed by atoms with Crippen molar-refractivity contribution in [3.8, 4) is 11.3 Å². The Bertz CT molecular complexity index is 855. The lowest BCUT2D eigenvalue weighted by atomic mass is 10.1. The minimum absolute atomic E-state index is 0.208. The Kier molecular flexibility index (Phi) is 4.96. The Morgan fingerprint density at radius 2 is 1.91 bits per heavy atom. The SMILES string of the molecule is Cc1sc(NC(=O)c2cc(Br)c(Br)s2)nc1-c1ccc(F)cc1. The summed E-state index contributed by atoms with van der Waals surface area (Å²) in [6.45, 7) is 1.92. The van der Waals surface area contributed by atoms with Gasteiger partial charge >= 0.3 is 0 Å². The number of amides is 1. The molecule has 0 aliphatic rings. The first-order valence-corrected chi connectivity index (χ1v) is 9.65. The highest BCUT2D eigenvalue weighted by molar-refractivity contribution is 9.13. The topological polar surface area (TPSA) is 42.0 Å². The van der Waals surface area contributed by atoms with Gasteiger partial charge in [0.05, 0.1) is 14.4 Å². The van der Waals surface area contributed by atoms with Gasteiger partial charge in [0.25, 0.3) is 5.91 Å². The van der Waals surface area contributed by atoms with Crippen LogP contribution >= 0.6 is 54.5 Å². The third kappa shape index (κ3) is 3.71. The molecule has 3 rings (SSSR count). The van der Waals surface area contributed by atoms with Crippen LogP contribution in [0.25, 0.3) is 11.3 Å². The first kappa shape index (κ1) is 16.8. The van der Waals surface area contributed by atoms with Gasteiger partial charge in [-0.15, -0.1) is 22.7 Å². The Morgan fingerprint density at radius 3 is 2.52 bits per heavy atom. The van der Waals surface area contributed by atoms with E-state index < -0.39 is 0 Å². The molecule has 3 nitrogen and oxygen atoms in total. The van der Waals surface area contributed by atoms with Crippen LogP contribution in [0.1, 0.15) is 14.5 Å². The van der Waals surface area contributed by atoms with E-state index in [4.69, 9.17) is 0 Å². The van der Waals surface area contributed by atoms with Crippen LogP contribution in [0.4, 0.5) is 9.52 Å². The summed E-state index contributed by atoms with van der Waals surface area (Å²) in [5, 5.41) is 3.33. The van der Waals surface area contributed by atoms with Crippen molar-refractivity contribution >= 4 is 65.6 Å². The van der Waals surface area contributed by atoms with Crippen molar-refractivity contribution in [2.45, 2.75) is 6.92 Å². The van der Waals surface area contributed by atoms with E-state index in [-0.39, 0.29) is 11.7 Å². The summed E-state index contributed by atoms with van der Waals surface area (Å²) in [4.78, 5) is 18.2. The number of carbonyl (C=O) groups excluding carboxylic acids is 1. The summed E-state index contributed by atoms with van der Waals surface area (Å²) in [5.74, 6) is -0.496. The molecule has 2 aromatic heterocycles. The molecule has 0 saturated heterocycles. The van der Waals surface area contributed by atoms with Crippen molar-refractivity contribution in [2.24, 2.45) is 0 Å². The molecule has 0 radical (unpaired) electrons. The molecule has 0 aliphatic carbocycles. The summed E-state index contributed by atoms with van der Waals surface area (Å²) < 4.78 is 14.7. The van der Waals surface area contributed by atoms with Crippen LogP contribution in [0.5, 0.6) is 0 Å². The second-order valence-corrected chi connectivity index (χ2v) is 9.04. The number of aromatic nitrogens is 1. The Balaban J connectivity index is 1.83. The maximum absolute atomic E-state index is 13.0. The van der Waals surface area contributed by atoms with Gasteiger partial charge < -0.3 is 0 Å². The van der Waals surface area contributed by atoms with Gasteiger partial charge in [-0.1, -0.05) is 0 Å². The zero-order valence-corrected chi connectivity index (χ0v) is 16.5. The fraction of sp³-hybridized carbons (Fsp3) is 0.0667. The van der Waals surface area contributed by atoms with E-state index in [0.717, 1.165) is 24.4 Å². The smallest absolute Gasteiger partial charge is 0.267 e. The van der Waals surface area contributed by atoms with Crippen molar-refractivity contribution < 1.29 is 9.18 Å². The quantitative estimate of drug-likeness (QED) is 0.497. The number of nitrogens with one attached hydrogen (secondary N) is 1. The lowest BCUT2D eigenvalue weighted by Gasteiger charge is -1.99. The number of rotatable bonds is 3. The molecule has 23 heavy (non-hydrogen) atoms. The summed E-state index contributed by atoms with van der Waals surface area (Å²) in [6.07, 6.45) is 0. The molecular formula is C15H9Br2FN2OS2. The van der Waals surface area contributed by atoms with E-state index in [9.17, 15) is 9.18 Å². The second kappa shape index (κ2) is 6.80. The highest BCUT2D eigenvalue weighted by atomic mass is 79.9. The number of halogens is 3. The van der Waals surface area contributed by atoms with Crippen LogP contribution in [0.3, 0.4) is 0 Å². The molecule has 0 spiro atoms. The van der Waals surface area contributed by atoms with Crippen molar-refractivity contribution in [1.29, 1.82) is 0 Å². The molecule has 3 aromatic rings. The van der Waals surface area contributed by atoms with Crippen LogP contribution in [0.15, 0.2) is 38.6 Å². The normalized spacial score (nSPS) is 10.8. The predicted octanol–water partition coefficient (Wildman–Crippen LogP) is 6.10. The molecule has 1 aromatic carbocycles. The third-order valence-electron chi connectivity index (χ3n) is 3.00. The molecule has 8 heteroatoms. The molecule has 0 saturated carbocycles. The minimum Gasteiger partial charge on any atom is -0.297 e. The number of anilines is 1. The van der Waals surface area contributed by atoms with Gasteiger partial charge in [0.1, 0.15) is 5.82 Å². The van der Waals surface area contributed by atoms with Crippen LogP contribution in [-0.4, -0.2) is 10.9 Å². The number of hydrogen-bond acceptors (Lipinski definition) is 4. The molecule has 1 N–H and O–H groups in total. The number of aryl methyl sites for hydroxylation is 1. The zero-order chi connectivity index (χ0) is 16.6. The van der Waals surface area contributed by atoms with E-state index in [1.807, 2.05) is 6.92 Å². The highest BCUT2D eigenvalue weighted by Crippen LogP contribution is 2.34. The van der Waals surface area contributed by atoms with Gasteiger partial charge in [0.15, 0.2) is 5.13 Å². The van der Waals surface area contributed by atoms with Gasteiger partial charge in [-0.05, 0) is 69.1 Å². The van der Waals surface area contributed by atoms with Crippen LogP contribution in [0, 0.1) is 12.7 Å². The molecule has 1 amide bonds. The van der Waals surface area contributed by atoms with E-state index in [1.165, 1.54) is 34.8 Å². The number of carbonyl (C=O) groups is 1. The average molecular weight is 476 g/mol. The number of thiazole rings is 1. The van der Waals surface area contributed by atoms with Gasteiger partial charge in [-0.25, -0.2) is 9.37 Å².